The van der Waals surface area contributed by atoms with Crippen molar-refractivity contribution in [2.24, 2.45) is 0 Å². The average molecular weight is 394 g/mol. The third-order valence-electron chi connectivity index (χ3n) is 4.66. The summed E-state index contributed by atoms with van der Waals surface area (Å²) in [6.45, 7) is 6.96. The summed E-state index contributed by atoms with van der Waals surface area (Å²) in [7, 11) is 0. The molecule has 0 bridgehead atoms. The van der Waals surface area contributed by atoms with Crippen molar-refractivity contribution >= 4 is 34.5 Å². The Morgan fingerprint density at radius 2 is 1.92 bits per heavy atom. The highest BCUT2D eigenvalue weighted by molar-refractivity contribution is 7.16. The number of phenolic OH excluding ortho intramolecular Hbond substituents is 1. The molecule has 0 radical (unpaired) electrons. The SMILES string of the molecule is CCN(Cc1ccc(Cl)s1)C(=O)CN1CCN(c2ccccc2O)CC1. The van der Waals surface area contributed by atoms with Crippen molar-refractivity contribution < 1.29 is 9.90 Å². The van der Waals surface area contributed by atoms with Gasteiger partial charge >= 0.3 is 0 Å². The first kappa shape index (κ1) is 19.0. The van der Waals surface area contributed by atoms with E-state index in [-0.39, 0.29) is 5.91 Å². The molecule has 1 N–H and O–H groups in total. The van der Waals surface area contributed by atoms with E-state index < -0.39 is 0 Å². The summed E-state index contributed by atoms with van der Waals surface area (Å²) in [5.41, 5.74) is 0.864. The van der Waals surface area contributed by atoms with Gasteiger partial charge in [-0.15, -0.1) is 11.3 Å². The molecule has 1 fully saturated rings. The number of piperazine rings is 1. The Hall–Kier alpha value is -1.76. The van der Waals surface area contributed by atoms with Crippen molar-refractivity contribution in [1.29, 1.82) is 0 Å². The summed E-state index contributed by atoms with van der Waals surface area (Å²) in [6, 6.07) is 11.3. The average Bonchev–Trinajstić information content (AvgIpc) is 3.06. The van der Waals surface area contributed by atoms with Gasteiger partial charge in [0.25, 0.3) is 0 Å². The van der Waals surface area contributed by atoms with Gasteiger partial charge in [-0.2, -0.15) is 0 Å². The van der Waals surface area contributed by atoms with E-state index in [1.165, 1.54) is 11.3 Å². The van der Waals surface area contributed by atoms with Gasteiger partial charge in [-0.25, -0.2) is 0 Å². The van der Waals surface area contributed by atoms with Gasteiger partial charge in [-0.1, -0.05) is 23.7 Å². The zero-order valence-corrected chi connectivity index (χ0v) is 16.5. The summed E-state index contributed by atoms with van der Waals surface area (Å²) in [5.74, 6) is 0.455. The van der Waals surface area contributed by atoms with Crippen LogP contribution in [0.5, 0.6) is 5.75 Å². The molecule has 5 nitrogen and oxygen atoms in total. The van der Waals surface area contributed by atoms with Crippen LogP contribution in [0.25, 0.3) is 0 Å². The number of amides is 1. The topological polar surface area (TPSA) is 47.0 Å². The molecule has 140 valence electrons. The van der Waals surface area contributed by atoms with Crippen LogP contribution in [0.4, 0.5) is 5.69 Å². The number of halogens is 1. The molecule has 1 aromatic heterocycles. The Kier molecular flexibility index (Phi) is 6.40. The van der Waals surface area contributed by atoms with E-state index in [9.17, 15) is 9.90 Å². The maximum atomic E-state index is 12.7. The van der Waals surface area contributed by atoms with Crippen LogP contribution >= 0.6 is 22.9 Å². The molecule has 0 atom stereocenters. The molecule has 1 amide bonds. The van der Waals surface area contributed by atoms with Crippen LogP contribution in [0.2, 0.25) is 4.34 Å². The number of likely N-dealkylation sites (N-methyl/N-ethyl adjacent to an activating group) is 1. The second kappa shape index (κ2) is 8.75. The maximum absolute atomic E-state index is 12.7. The van der Waals surface area contributed by atoms with Gasteiger partial charge in [0, 0.05) is 37.6 Å². The summed E-state index contributed by atoms with van der Waals surface area (Å²) < 4.78 is 0.754. The van der Waals surface area contributed by atoms with E-state index in [1.807, 2.05) is 42.2 Å². The number of phenols is 1. The third-order valence-corrected chi connectivity index (χ3v) is 5.88. The van der Waals surface area contributed by atoms with Crippen LogP contribution in [-0.2, 0) is 11.3 Å². The molecule has 2 heterocycles. The summed E-state index contributed by atoms with van der Waals surface area (Å²) in [6.07, 6.45) is 0. The first-order chi connectivity index (χ1) is 12.6. The monoisotopic (exact) mass is 393 g/mol. The van der Waals surface area contributed by atoms with Gasteiger partial charge in [0.05, 0.1) is 23.1 Å². The van der Waals surface area contributed by atoms with Crippen molar-refractivity contribution in [2.75, 3.05) is 44.2 Å². The van der Waals surface area contributed by atoms with Crippen molar-refractivity contribution in [3.8, 4) is 5.75 Å². The highest BCUT2D eigenvalue weighted by Gasteiger charge is 2.22. The number of benzene rings is 1. The second-order valence-electron chi connectivity index (χ2n) is 6.37. The Bertz CT molecular complexity index is 744. The highest BCUT2D eigenvalue weighted by atomic mass is 35.5. The number of thiophene rings is 1. The van der Waals surface area contributed by atoms with Crippen molar-refractivity contribution in [3.63, 3.8) is 0 Å². The lowest BCUT2D eigenvalue weighted by molar-refractivity contribution is -0.132. The minimum absolute atomic E-state index is 0.146. The second-order valence-corrected chi connectivity index (χ2v) is 8.17. The lowest BCUT2D eigenvalue weighted by atomic mass is 10.2. The van der Waals surface area contributed by atoms with Gasteiger partial charge in [0.1, 0.15) is 5.75 Å². The maximum Gasteiger partial charge on any atom is 0.237 e. The number of anilines is 1. The molecule has 1 aliphatic rings. The van der Waals surface area contributed by atoms with Crippen LogP contribution in [0, 0.1) is 0 Å². The minimum Gasteiger partial charge on any atom is -0.506 e. The lowest BCUT2D eigenvalue weighted by Gasteiger charge is -2.36. The molecule has 1 saturated heterocycles. The molecule has 0 aliphatic carbocycles. The number of aromatic hydroxyl groups is 1. The zero-order chi connectivity index (χ0) is 18.5. The fourth-order valence-corrected chi connectivity index (χ4v) is 4.27. The van der Waals surface area contributed by atoms with Gasteiger partial charge < -0.3 is 14.9 Å². The Morgan fingerprint density at radius 3 is 2.54 bits per heavy atom. The molecular weight excluding hydrogens is 370 g/mol. The first-order valence-electron chi connectivity index (χ1n) is 8.84. The fraction of sp³-hybridized carbons (Fsp3) is 0.421. The highest BCUT2D eigenvalue weighted by Crippen LogP contribution is 2.27. The molecule has 1 aliphatic heterocycles. The molecule has 1 aromatic carbocycles. The standard InChI is InChI=1S/C19H24ClN3O2S/c1-2-22(13-15-7-8-18(20)26-15)19(25)14-21-9-11-23(12-10-21)16-5-3-4-6-17(16)24/h3-8,24H,2,9-14H2,1H3. The molecule has 3 rings (SSSR count). The van der Waals surface area contributed by atoms with Crippen molar-refractivity contribution in [1.82, 2.24) is 9.80 Å². The lowest BCUT2D eigenvalue weighted by Crippen LogP contribution is -2.50. The molecular formula is C19H24ClN3O2S. The van der Waals surface area contributed by atoms with Gasteiger partial charge in [-0.05, 0) is 31.2 Å². The quantitative estimate of drug-likeness (QED) is 0.818. The number of carbonyl (C=O) groups is 1. The van der Waals surface area contributed by atoms with Crippen molar-refractivity contribution in [3.05, 3.63) is 45.6 Å². The van der Waals surface area contributed by atoms with E-state index >= 15 is 0 Å². The summed E-state index contributed by atoms with van der Waals surface area (Å²) in [4.78, 5) is 20.0. The zero-order valence-electron chi connectivity index (χ0n) is 14.9. The summed E-state index contributed by atoms with van der Waals surface area (Å²) >= 11 is 7.50. The molecule has 2 aromatic rings. The van der Waals surface area contributed by atoms with E-state index in [4.69, 9.17) is 11.6 Å². The molecule has 26 heavy (non-hydrogen) atoms. The van der Waals surface area contributed by atoms with Crippen molar-refractivity contribution in [2.45, 2.75) is 13.5 Å². The van der Waals surface area contributed by atoms with Gasteiger partial charge in [0.2, 0.25) is 5.91 Å². The predicted octanol–water partition coefficient (Wildman–Crippen LogP) is 3.28. The number of nitrogens with zero attached hydrogens (tertiary/aromatic N) is 3. The third kappa shape index (κ3) is 4.69. The molecule has 7 heteroatoms. The normalized spacial score (nSPS) is 15.2. The largest absolute Gasteiger partial charge is 0.506 e. The van der Waals surface area contributed by atoms with Crippen LogP contribution < -0.4 is 4.90 Å². The number of rotatable bonds is 6. The van der Waals surface area contributed by atoms with E-state index in [1.54, 1.807) is 6.07 Å². The smallest absolute Gasteiger partial charge is 0.237 e. The molecule has 0 spiro atoms. The van der Waals surface area contributed by atoms with Gasteiger partial charge in [-0.3, -0.25) is 9.69 Å². The Labute approximate surface area is 163 Å². The number of hydrogen-bond acceptors (Lipinski definition) is 5. The summed E-state index contributed by atoms with van der Waals surface area (Å²) in [5, 5.41) is 10.00. The number of para-hydroxylation sites is 2. The minimum atomic E-state index is 0.146. The van der Waals surface area contributed by atoms with Crippen LogP contribution in [0.15, 0.2) is 36.4 Å². The first-order valence-corrected chi connectivity index (χ1v) is 10.0. The molecule has 0 unspecified atom stereocenters. The van der Waals surface area contributed by atoms with Crippen LogP contribution in [-0.4, -0.2) is 60.1 Å². The van der Waals surface area contributed by atoms with Crippen LogP contribution in [0.3, 0.4) is 0 Å². The van der Waals surface area contributed by atoms with Crippen LogP contribution in [0.1, 0.15) is 11.8 Å². The van der Waals surface area contributed by atoms with E-state index in [0.717, 1.165) is 41.1 Å². The van der Waals surface area contributed by atoms with Gasteiger partial charge in [0.15, 0.2) is 0 Å². The Balaban J connectivity index is 1.51. The van der Waals surface area contributed by atoms with E-state index in [0.29, 0.717) is 25.4 Å². The Morgan fingerprint density at radius 1 is 1.19 bits per heavy atom. The number of carbonyl (C=O) groups excluding carboxylic acids is 1. The fourth-order valence-electron chi connectivity index (χ4n) is 3.17. The molecule has 0 saturated carbocycles. The van der Waals surface area contributed by atoms with E-state index in [2.05, 4.69) is 9.80 Å². The number of hydrogen-bond donors (Lipinski definition) is 1. The predicted molar refractivity (Wildman–Crippen MR) is 107 cm³/mol.